The molecule has 0 aromatic carbocycles. The summed E-state index contributed by atoms with van der Waals surface area (Å²) in [6.45, 7) is 3.05. The molecule has 0 spiro atoms. The van der Waals surface area contributed by atoms with E-state index < -0.39 is 10.0 Å². The van der Waals surface area contributed by atoms with Gasteiger partial charge in [-0.05, 0) is 12.1 Å². The predicted octanol–water partition coefficient (Wildman–Crippen LogP) is 0.888. The first kappa shape index (κ1) is 15.0. The molecule has 0 aliphatic carbocycles. The topological polar surface area (TPSA) is 68.8 Å². The summed E-state index contributed by atoms with van der Waals surface area (Å²) < 4.78 is 26.5. The van der Waals surface area contributed by atoms with Crippen molar-refractivity contribution in [1.29, 1.82) is 5.26 Å². The highest BCUT2D eigenvalue weighted by Gasteiger charge is 2.24. The van der Waals surface area contributed by atoms with Crippen LogP contribution in [0, 0.1) is 11.3 Å². The maximum absolute atomic E-state index is 11.5. The van der Waals surface area contributed by atoms with Crippen LogP contribution in [0.4, 0.5) is 0 Å². The van der Waals surface area contributed by atoms with E-state index in [0.717, 1.165) is 11.1 Å². The Morgan fingerprint density at radius 2 is 1.95 bits per heavy atom. The van der Waals surface area contributed by atoms with Crippen LogP contribution in [0.25, 0.3) is 5.52 Å². The summed E-state index contributed by atoms with van der Waals surface area (Å²) >= 11 is 0. The van der Waals surface area contributed by atoms with E-state index in [0.29, 0.717) is 38.3 Å². The summed E-state index contributed by atoms with van der Waals surface area (Å²) in [7, 11) is -3.11. The standard InChI is InChI=1S/C15H18N4O2S/c1-22(20,21)19-8-6-17(7-9-19)11-13-12-18-5-3-2-4-15(18)14(13)10-16/h2-5,12H,6-9,11H2,1H3. The summed E-state index contributed by atoms with van der Waals surface area (Å²) in [4.78, 5) is 2.19. The zero-order valence-corrected chi connectivity index (χ0v) is 13.3. The minimum absolute atomic E-state index is 0.508. The number of sulfonamides is 1. The molecule has 22 heavy (non-hydrogen) atoms. The van der Waals surface area contributed by atoms with E-state index in [1.165, 1.54) is 10.6 Å². The average Bonchev–Trinajstić information content (AvgIpc) is 2.84. The quantitative estimate of drug-likeness (QED) is 0.843. The number of fused-ring (bicyclic) bond motifs is 1. The molecule has 2 aromatic heterocycles. The van der Waals surface area contributed by atoms with Crippen molar-refractivity contribution in [1.82, 2.24) is 13.6 Å². The maximum Gasteiger partial charge on any atom is 0.211 e. The second kappa shape index (κ2) is 5.72. The SMILES string of the molecule is CS(=O)(=O)N1CCN(Cc2cn3ccccc3c2C#N)CC1. The van der Waals surface area contributed by atoms with Crippen LogP contribution < -0.4 is 0 Å². The van der Waals surface area contributed by atoms with E-state index in [1.807, 2.05) is 35.0 Å². The summed E-state index contributed by atoms with van der Waals surface area (Å²) in [6, 6.07) is 8.08. The van der Waals surface area contributed by atoms with Crippen molar-refractivity contribution in [2.75, 3.05) is 32.4 Å². The molecule has 0 radical (unpaired) electrons. The van der Waals surface area contributed by atoms with Crippen molar-refractivity contribution in [3.05, 3.63) is 41.7 Å². The molecule has 0 atom stereocenters. The molecule has 0 bridgehead atoms. The molecule has 2 aromatic rings. The molecule has 0 saturated carbocycles. The Hall–Kier alpha value is -1.88. The summed E-state index contributed by atoms with van der Waals surface area (Å²) in [5.74, 6) is 0. The third-order valence-electron chi connectivity index (χ3n) is 4.07. The highest BCUT2D eigenvalue weighted by molar-refractivity contribution is 7.88. The van der Waals surface area contributed by atoms with Gasteiger partial charge in [-0.1, -0.05) is 6.07 Å². The molecular formula is C15H18N4O2S. The highest BCUT2D eigenvalue weighted by Crippen LogP contribution is 2.20. The number of rotatable bonds is 3. The fraction of sp³-hybridized carbons (Fsp3) is 0.400. The Labute approximate surface area is 130 Å². The Morgan fingerprint density at radius 3 is 2.59 bits per heavy atom. The van der Waals surface area contributed by atoms with Gasteiger partial charge in [0.2, 0.25) is 10.0 Å². The normalized spacial score (nSPS) is 17.6. The molecule has 1 fully saturated rings. The van der Waals surface area contributed by atoms with Crippen molar-refractivity contribution in [3.63, 3.8) is 0 Å². The third-order valence-corrected chi connectivity index (χ3v) is 5.37. The Balaban J connectivity index is 1.77. The first-order chi connectivity index (χ1) is 10.5. The van der Waals surface area contributed by atoms with Crippen LogP contribution in [0.1, 0.15) is 11.1 Å². The molecule has 0 unspecified atom stereocenters. The molecule has 1 aliphatic heterocycles. The van der Waals surface area contributed by atoms with Crippen LogP contribution in [0.3, 0.4) is 0 Å². The van der Waals surface area contributed by atoms with Gasteiger partial charge in [0, 0.05) is 50.7 Å². The van der Waals surface area contributed by atoms with Gasteiger partial charge >= 0.3 is 0 Å². The summed E-state index contributed by atoms with van der Waals surface area (Å²) in [5.41, 5.74) is 2.60. The predicted molar refractivity (Wildman–Crippen MR) is 83.8 cm³/mol. The fourth-order valence-electron chi connectivity index (χ4n) is 2.89. The molecule has 1 aliphatic rings. The molecule has 3 heterocycles. The number of nitriles is 1. The van der Waals surface area contributed by atoms with Gasteiger partial charge in [0.1, 0.15) is 6.07 Å². The van der Waals surface area contributed by atoms with Crippen LogP contribution in [0.5, 0.6) is 0 Å². The van der Waals surface area contributed by atoms with E-state index in [4.69, 9.17) is 0 Å². The monoisotopic (exact) mass is 318 g/mol. The average molecular weight is 318 g/mol. The van der Waals surface area contributed by atoms with Crippen LogP contribution >= 0.6 is 0 Å². The van der Waals surface area contributed by atoms with Gasteiger partial charge in [0.15, 0.2) is 0 Å². The molecule has 3 rings (SSSR count). The smallest absolute Gasteiger partial charge is 0.211 e. The lowest BCUT2D eigenvalue weighted by Gasteiger charge is -2.33. The molecule has 6 nitrogen and oxygen atoms in total. The maximum atomic E-state index is 11.5. The zero-order chi connectivity index (χ0) is 15.7. The summed E-state index contributed by atoms with van der Waals surface area (Å²) in [5, 5.41) is 9.41. The van der Waals surface area contributed by atoms with E-state index >= 15 is 0 Å². The minimum atomic E-state index is -3.11. The third kappa shape index (κ3) is 2.86. The number of hydrogen-bond donors (Lipinski definition) is 0. The van der Waals surface area contributed by atoms with E-state index in [9.17, 15) is 13.7 Å². The largest absolute Gasteiger partial charge is 0.322 e. The van der Waals surface area contributed by atoms with Gasteiger partial charge in [-0.25, -0.2) is 8.42 Å². The number of piperazine rings is 1. The van der Waals surface area contributed by atoms with Crippen molar-refractivity contribution in [2.24, 2.45) is 0 Å². The zero-order valence-electron chi connectivity index (χ0n) is 12.4. The van der Waals surface area contributed by atoms with Crippen molar-refractivity contribution in [2.45, 2.75) is 6.54 Å². The highest BCUT2D eigenvalue weighted by atomic mass is 32.2. The lowest BCUT2D eigenvalue weighted by atomic mass is 10.1. The molecule has 0 N–H and O–H groups in total. The van der Waals surface area contributed by atoms with Crippen LogP contribution in [-0.4, -0.2) is 54.5 Å². The van der Waals surface area contributed by atoms with Gasteiger partial charge in [-0.15, -0.1) is 0 Å². The van der Waals surface area contributed by atoms with Gasteiger partial charge in [0.25, 0.3) is 0 Å². The molecule has 1 saturated heterocycles. The lowest BCUT2D eigenvalue weighted by Crippen LogP contribution is -2.47. The second-order valence-electron chi connectivity index (χ2n) is 5.57. The van der Waals surface area contributed by atoms with Crippen molar-refractivity contribution >= 4 is 15.5 Å². The fourth-order valence-corrected chi connectivity index (χ4v) is 3.71. The van der Waals surface area contributed by atoms with Crippen molar-refractivity contribution < 1.29 is 8.42 Å². The lowest BCUT2D eigenvalue weighted by molar-refractivity contribution is 0.182. The first-order valence-corrected chi connectivity index (χ1v) is 9.00. The van der Waals surface area contributed by atoms with Gasteiger partial charge in [-0.3, -0.25) is 4.90 Å². The van der Waals surface area contributed by atoms with E-state index in [2.05, 4.69) is 11.0 Å². The van der Waals surface area contributed by atoms with Crippen molar-refractivity contribution in [3.8, 4) is 6.07 Å². The number of hydrogen-bond acceptors (Lipinski definition) is 4. The van der Waals surface area contributed by atoms with E-state index in [1.54, 1.807) is 0 Å². The number of pyridine rings is 1. The van der Waals surface area contributed by atoms with E-state index in [-0.39, 0.29) is 0 Å². The van der Waals surface area contributed by atoms with Gasteiger partial charge in [0.05, 0.1) is 17.3 Å². The second-order valence-corrected chi connectivity index (χ2v) is 7.55. The van der Waals surface area contributed by atoms with Crippen LogP contribution in [-0.2, 0) is 16.6 Å². The molecular weight excluding hydrogens is 300 g/mol. The van der Waals surface area contributed by atoms with Crippen LogP contribution in [0.15, 0.2) is 30.6 Å². The summed E-state index contributed by atoms with van der Waals surface area (Å²) in [6.07, 6.45) is 5.16. The van der Waals surface area contributed by atoms with Gasteiger partial charge in [-0.2, -0.15) is 9.57 Å². The van der Waals surface area contributed by atoms with Crippen LogP contribution in [0.2, 0.25) is 0 Å². The number of aromatic nitrogens is 1. The Morgan fingerprint density at radius 1 is 1.23 bits per heavy atom. The van der Waals surface area contributed by atoms with Gasteiger partial charge < -0.3 is 4.40 Å². The first-order valence-electron chi connectivity index (χ1n) is 7.15. The Bertz CT molecular complexity index is 827. The molecule has 0 amide bonds. The molecule has 7 heteroatoms. The Kier molecular flexibility index (Phi) is 3.91. The minimum Gasteiger partial charge on any atom is -0.322 e. The molecule has 116 valence electrons. The number of nitrogens with zero attached hydrogens (tertiary/aromatic N) is 4.